The third-order valence-electron chi connectivity index (χ3n) is 2.53. The lowest BCUT2D eigenvalue weighted by molar-refractivity contribution is 0.405. The molecule has 2 nitrogen and oxygen atoms in total. The van der Waals surface area contributed by atoms with Gasteiger partial charge in [0.1, 0.15) is 6.07 Å². The molecule has 0 fully saturated rings. The lowest BCUT2D eigenvalue weighted by Crippen LogP contribution is -1.97. The van der Waals surface area contributed by atoms with Crippen molar-refractivity contribution in [3.8, 4) is 17.6 Å². The summed E-state index contributed by atoms with van der Waals surface area (Å²) in [5, 5.41) is 9.05. The Bertz CT molecular complexity index is 680. The van der Waals surface area contributed by atoms with Crippen molar-refractivity contribution in [2.45, 2.75) is 6.92 Å². The van der Waals surface area contributed by atoms with E-state index in [0.717, 1.165) is 6.07 Å². The fourth-order valence-electron chi connectivity index (χ4n) is 1.53. The second kappa shape index (κ2) is 5.25. The van der Waals surface area contributed by atoms with Gasteiger partial charge in [-0.2, -0.15) is 5.26 Å². The molecule has 5 heteroatoms. The smallest absolute Gasteiger partial charge is 0.199 e. The summed E-state index contributed by atoms with van der Waals surface area (Å²) in [6.07, 6.45) is 0. The second-order valence-corrected chi connectivity index (χ2v) is 4.24. The van der Waals surface area contributed by atoms with Gasteiger partial charge in [0.2, 0.25) is 0 Å². The summed E-state index contributed by atoms with van der Waals surface area (Å²) in [6, 6.07) is 8.73. The standard InChI is InChI=1S/C14H8ClF2NO/c1-8-5-6-11(16)14(12(8)17)19-13-9(7-18)3-2-4-10(13)15/h2-6H,1H3. The topological polar surface area (TPSA) is 33.0 Å². The fraction of sp³-hybridized carbons (Fsp3) is 0.0714. The first-order valence-electron chi connectivity index (χ1n) is 5.35. The van der Waals surface area contributed by atoms with Gasteiger partial charge < -0.3 is 4.74 Å². The van der Waals surface area contributed by atoms with Crippen LogP contribution in [0.15, 0.2) is 30.3 Å². The van der Waals surface area contributed by atoms with Gasteiger partial charge in [-0.15, -0.1) is 0 Å². The highest BCUT2D eigenvalue weighted by Gasteiger charge is 2.17. The maximum atomic E-state index is 13.8. The molecule has 0 spiro atoms. The predicted octanol–water partition coefficient (Wildman–Crippen LogP) is 4.59. The lowest BCUT2D eigenvalue weighted by Gasteiger charge is -2.11. The zero-order chi connectivity index (χ0) is 14.0. The number of rotatable bonds is 2. The molecule has 0 amide bonds. The Hall–Kier alpha value is -2.12. The average molecular weight is 280 g/mol. The number of nitriles is 1. The van der Waals surface area contributed by atoms with Crippen LogP contribution in [-0.4, -0.2) is 0 Å². The summed E-state index contributed by atoms with van der Waals surface area (Å²) in [4.78, 5) is 0. The van der Waals surface area contributed by atoms with Crippen LogP contribution in [0.25, 0.3) is 0 Å². The van der Waals surface area contributed by atoms with Crippen molar-refractivity contribution in [3.63, 3.8) is 0 Å². The summed E-state index contributed by atoms with van der Waals surface area (Å²) in [6.45, 7) is 1.49. The van der Waals surface area contributed by atoms with Crippen LogP contribution in [0, 0.1) is 29.9 Å². The molecule has 2 rings (SSSR count). The van der Waals surface area contributed by atoms with Gasteiger partial charge in [0.05, 0.1) is 10.6 Å². The molecule has 2 aromatic carbocycles. The van der Waals surface area contributed by atoms with Crippen molar-refractivity contribution in [2.24, 2.45) is 0 Å². The van der Waals surface area contributed by atoms with Crippen molar-refractivity contribution in [2.75, 3.05) is 0 Å². The Morgan fingerprint density at radius 2 is 1.89 bits per heavy atom. The van der Waals surface area contributed by atoms with Crippen molar-refractivity contribution >= 4 is 11.6 Å². The summed E-state index contributed by atoms with van der Waals surface area (Å²) in [5.41, 5.74) is 0.342. The highest BCUT2D eigenvalue weighted by Crippen LogP contribution is 2.35. The molecule has 0 aliphatic carbocycles. The molecule has 0 aliphatic heterocycles. The Labute approximate surface area is 113 Å². The first kappa shape index (κ1) is 13.3. The van der Waals surface area contributed by atoms with Gasteiger partial charge in [-0.3, -0.25) is 0 Å². The van der Waals surface area contributed by atoms with E-state index in [-0.39, 0.29) is 21.9 Å². The van der Waals surface area contributed by atoms with Gasteiger partial charge in [0.15, 0.2) is 23.1 Å². The van der Waals surface area contributed by atoms with Crippen molar-refractivity contribution in [1.29, 1.82) is 5.26 Å². The molecular formula is C14H8ClF2NO. The van der Waals surface area contributed by atoms with Crippen LogP contribution in [0.3, 0.4) is 0 Å². The van der Waals surface area contributed by atoms with E-state index < -0.39 is 17.4 Å². The van der Waals surface area contributed by atoms with Gasteiger partial charge in [-0.25, -0.2) is 8.78 Å². The molecular weight excluding hydrogens is 272 g/mol. The van der Waals surface area contributed by atoms with E-state index in [0.29, 0.717) is 0 Å². The maximum absolute atomic E-state index is 13.8. The quantitative estimate of drug-likeness (QED) is 0.805. The normalized spacial score (nSPS) is 10.1. The van der Waals surface area contributed by atoms with Gasteiger partial charge in [-0.1, -0.05) is 23.7 Å². The Balaban J connectivity index is 2.54. The summed E-state index contributed by atoms with van der Waals surface area (Å²) in [5.74, 6) is -2.30. The van der Waals surface area contributed by atoms with Crippen LogP contribution in [-0.2, 0) is 0 Å². The van der Waals surface area contributed by atoms with Gasteiger partial charge in [0.25, 0.3) is 0 Å². The summed E-state index contributed by atoms with van der Waals surface area (Å²) in [7, 11) is 0. The van der Waals surface area contributed by atoms with Crippen LogP contribution in [0.1, 0.15) is 11.1 Å². The van der Waals surface area contributed by atoms with E-state index in [9.17, 15) is 8.78 Å². The first-order chi connectivity index (χ1) is 9.04. The number of halogens is 3. The van der Waals surface area contributed by atoms with Gasteiger partial charge in [0, 0.05) is 0 Å². The van der Waals surface area contributed by atoms with Crippen LogP contribution < -0.4 is 4.74 Å². The Kier molecular flexibility index (Phi) is 3.68. The number of para-hydroxylation sites is 1. The fourth-order valence-corrected chi connectivity index (χ4v) is 1.74. The van der Waals surface area contributed by atoms with Gasteiger partial charge in [-0.05, 0) is 30.7 Å². The molecule has 0 bridgehead atoms. The molecule has 0 radical (unpaired) electrons. The number of ether oxygens (including phenoxy) is 1. The highest BCUT2D eigenvalue weighted by atomic mass is 35.5. The van der Waals surface area contributed by atoms with Gasteiger partial charge >= 0.3 is 0 Å². The monoisotopic (exact) mass is 279 g/mol. The minimum Gasteiger partial charge on any atom is -0.448 e. The molecule has 2 aromatic rings. The van der Waals surface area contributed by atoms with E-state index in [1.54, 1.807) is 6.07 Å². The van der Waals surface area contributed by atoms with Crippen LogP contribution in [0.4, 0.5) is 8.78 Å². The van der Waals surface area contributed by atoms with Crippen LogP contribution >= 0.6 is 11.6 Å². The maximum Gasteiger partial charge on any atom is 0.199 e. The minimum atomic E-state index is -0.855. The van der Waals surface area contributed by atoms with Crippen molar-refractivity contribution < 1.29 is 13.5 Å². The molecule has 0 aliphatic rings. The minimum absolute atomic E-state index is 0.0601. The third-order valence-corrected chi connectivity index (χ3v) is 2.83. The average Bonchev–Trinajstić information content (AvgIpc) is 2.40. The molecule has 0 aromatic heterocycles. The molecule has 0 saturated carbocycles. The molecule has 0 unspecified atom stereocenters. The number of hydrogen-bond acceptors (Lipinski definition) is 2. The number of hydrogen-bond donors (Lipinski definition) is 0. The summed E-state index contributed by atoms with van der Waals surface area (Å²) >= 11 is 5.88. The second-order valence-electron chi connectivity index (χ2n) is 3.84. The highest BCUT2D eigenvalue weighted by molar-refractivity contribution is 6.32. The van der Waals surface area contributed by atoms with Crippen molar-refractivity contribution in [3.05, 3.63) is 58.1 Å². The van der Waals surface area contributed by atoms with Crippen LogP contribution in [0.2, 0.25) is 5.02 Å². The van der Waals surface area contributed by atoms with Crippen molar-refractivity contribution in [1.82, 2.24) is 0 Å². The number of nitrogens with zero attached hydrogens (tertiary/aromatic N) is 1. The number of aryl methyl sites for hydroxylation is 1. The molecule has 0 N–H and O–H groups in total. The zero-order valence-corrected chi connectivity index (χ0v) is 10.6. The van der Waals surface area contributed by atoms with Crippen LogP contribution in [0.5, 0.6) is 11.5 Å². The molecule has 0 heterocycles. The SMILES string of the molecule is Cc1ccc(F)c(Oc2c(Cl)cccc2C#N)c1F. The lowest BCUT2D eigenvalue weighted by atomic mass is 10.2. The molecule has 19 heavy (non-hydrogen) atoms. The number of benzene rings is 2. The third kappa shape index (κ3) is 2.51. The largest absolute Gasteiger partial charge is 0.448 e. The molecule has 0 atom stereocenters. The van der Waals surface area contributed by atoms with E-state index in [1.807, 2.05) is 6.07 Å². The van der Waals surface area contributed by atoms with E-state index in [1.165, 1.54) is 25.1 Å². The molecule has 96 valence electrons. The Morgan fingerprint density at radius 3 is 2.58 bits per heavy atom. The summed E-state index contributed by atoms with van der Waals surface area (Å²) < 4.78 is 32.6. The predicted molar refractivity (Wildman–Crippen MR) is 67.3 cm³/mol. The van der Waals surface area contributed by atoms with E-state index in [2.05, 4.69) is 0 Å². The zero-order valence-electron chi connectivity index (χ0n) is 9.88. The molecule has 0 saturated heterocycles. The first-order valence-corrected chi connectivity index (χ1v) is 5.73. The van der Waals surface area contributed by atoms with E-state index >= 15 is 0 Å². The Morgan fingerprint density at radius 1 is 1.16 bits per heavy atom. The van der Waals surface area contributed by atoms with E-state index in [4.69, 9.17) is 21.6 Å².